The Balaban J connectivity index is 2.17. The van der Waals surface area contributed by atoms with Crippen molar-refractivity contribution in [2.24, 2.45) is 5.92 Å². The number of anilines is 3. The lowest BCUT2D eigenvalue weighted by Gasteiger charge is -2.11. The molecule has 0 unspecified atom stereocenters. The highest BCUT2D eigenvalue weighted by Crippen LogP contribution is 2.29. The number of hydrogen-bond acceptors (Lipinski definition) is 5. The Morgan fingerprint density at radius 1 is 1.36 bits per heavy atom. The fourth-order valence-electron chi connectivity index (χ4n) is 1.72. The van der Waals surface area contributed by atoms with Gasteiger partial charge in [0.25, 0.3) is 0 Å². The third-order valence-electron chi connectivity index (χ3n) is 2.83. The Hall–Kier alpha value is -2.08. The monoisotopic (exact) mass is 324 g/mol. The van der Waals surface area contributed by atoms with E-state index in [0.717, 1.165) is 6.20 Å². The van der Waals surface area contributed by atoms with Crippen molar-refractivity contribution in [1.29, 1.82) is 0 Å². The SMILES string of the molecule is COc1ccc(Nc2nc(NCC(C)C)ncc2F)cc1Cl. The van der Waals surface area contributed by atoms with Crippen LogP contribution in [0.15, 0.2) is 24.4 Å². The molecule has 2 aromatic rings. The maximum Gasteiger partial charge on any atom is 0.224 e. The second-order valence-electron chi connectivity index (χ2n) is 5.14. The van der Waals surface area contributed by atoms with E-state index in [2.05, 4.69) is 34.4 Å². The summed E-state index contributed by atoms with van der Waals surface area (Å²) in [5.41, 5.74) is 0.609. The maximum atomic E-state index is 13.8. The lowest BCUT2D eigenvalue weighted by molar-refractivity contribution is 0.415. The van der Waals surface area contributed by atoms with Crippen molar-refractivity contribution in [3.05, 3.63) is 35.2 Å². The topological polar surface area (TPSA) is 59.1 Å². The second kappa shape index (κ2) is 7.26. The number of ether oxygens (including phenoxy) is 1. The van der Waals surface area contributed by atoms with E-state index in [1.807, 2.05) is 0 Å². The quantitative estimate of drug-likeness (QED) is 0.838. The highest BCUT2D eigenvalue weighted by atomic mass is 35.5. The van der Waals surface area contributed by atoms with E-state index in [1.54, 1.807) is 18.2 Å². The molecule has 0 saturated heterocycles. The Labute approximate surface area is 133 Å². The Morgan fingerprint density at radius 3 is 2.77 bits per heavy atom. The molecule has 0 atom stereocenters. The van der Waals surface area contributed by atoms with Crippen LogP contribution in [-0.2, 0) is 0 Å². The molecule has 0 aliphatic heterocycles. The molecule has 0 bridgehead atoms. The minimum Gasteiger partial charge on any atom is -0.495 e. The summed E-state index contributed by atoms with van der Waals surface area (Å²) in [6.45, 7) is 4.84. The Kier molecular flexibility index (Phi) is 5.38. The Morgan fingerprint density at radius 2 is 2.14 bits per heavy atom. The van der Waals surface area contributed by atoms with Gasteiger partial charge in [-0.1, -0.05) is 25.4 Å². The molecule has 1 aromatic heterocycles. The summed E-state index contributed by atoms with van der Waals surface area (Å²) in [5, 5.41) is 6.37. The van der Waals surface area contributed by atoms with Crippen molar-refractivity contribution in [1.82, 2.24) is 9.97 Å². The van der Waals surface area contributed by atoms with Gasteiger partial charge in [0, 0.05) is 12.2 Å². The summed E-state index contributed by atoms with van der Waals surface area (Å²) in [7, 11) is 1.53. The number of halogens is 2. The molecule has 1 aromatic carbocycles. The van der Waals surface area contributed by atoms with Gasteiger partial charge in [-0.05, 0) is 24.1 Å². The minimum atomic E-state index is -0.540. The molecule has 2 rings (SSSR count). The summed E-state index contributed by atoms with van der Waals surface area (Å²) in [6.07, 6.45) is 1.13. The fourth-order valence-corrected chi connectivity index (χ4v) is 1.97. The van der Waals surface area contributed by atoms with Crippen molar-refractivity contribution >= 4 is 29.1 Å². The van der Waals surface area contributed by atoms with Gasteiger partial charge >= 0.3 is 0 Å². The van der Waals surface area contributed by atoms with E-state index in [1.165, 1.54) is 7.11 Å². The van der Waals surface area contributed by atoms with Crippen LogP contribution in [0.25, 0.3) is 0 Å². The maximum absolute atomic E-state index is 13.8. The molecule has 2 N–H and O–H groups in total. The van der Waals surface area contributed by atoms with Gasteiger partial charge in [-0.3, -0.25) is 0 Å². The van der Waals surface area contributed by atoms with Gasteiger partial charge in [-0.2, -0.15) is 4.98 Å². The summed E-state index contributed by atoms with van der Waals surface area (Å²) >= 11 is 6.05. The van der Waals surface area contributed by atoms with Crippen LogP contribution in [0.2, 0.25) is 5.02 Å². The lowest BCUT2D eigenvalue weighted by Crippen LogP contribution is -2.11. The number of methoxy groups -OCH3 is 1. The molecule has 118 valence electrons. The van der Waals surface area contributed by atoms with Gasteiger partial charge in [0.15, 0.2) is 11.6 Å². The van der Waals surface area contributed by atoms with Crippen LogP contribution in [0, 0.1) is 11.7 Å². The molecule has 0 aliphatic rings. The lowest BCUT2D eigenvalue weighted by atomic mass is 10.2. The zero-order valence-corrected chi connectivity index (χ0v) is 13.4. The number of aromatic nitrogens is 2. The fraction of sp³-hybridized carbons (Fsp3) is 0.333. The predicted molar refractivity (Wildman–Crippen MR) is 86.6 cm³/mol. The summed E-state index contributed by atoms with van der Waals surface area (Å²) in [6, 6.07) is 5.07. The normalized spacial score (nSPS) is 10.6. The first kappa shape index (κ1) is 16.3. The molecule has 7 heteroatoms. The molecule has 0 amide bonds. The van der Waals surface area contributed by atoms with Gasteiger partial charge in [0.05, 0.1) is 18.3 Å². The van der Waals surface area contributed by atoms with Crippen LogP contribution in [0.5, 0.6) is 5.75 Å². The number of nitrogens with one attached hydrogen (secondary N) is 2. The smallest absolute Gasteiger partial charge is 0.224 e. The van der Waals surface area contributed by atoms with Gasteiger partial charge in [0.2, 0.25) is 5.95 Å². The molecule has 0 radical (unpaired) electrons. The van der Waals surface area contributed by atoms with E-state index < -0.39 is 5.82 Å². The number of benzene rings is 1. The van der Waals surface area contributed by atoms with Gasteiger partial charge < -0.3 is 15.4 Å². The third kappa shape index (κ3) is 4.21. The van der Waals surface area contributed by atoms with Crippen molar-refractivity contribution < 1.29 is 9.13 Å². The van der Waals surface area contributed by atoms with Gasteiger partial charge in [-0.15, -0.1) is 0 Å². The second-order valence-corrected chi connectivity index (χ2v) is 5.55. The average Bonchev–Trinajstić information content (AvgIpc) is 2.48. The van der Waals surface area contributed by atoms with Crippen LogP contribution in [0.3, 0.4) is 0 Å². The van der Waals surface area contributed by atoms with E-state index >= 15 is 0 Å². The molecule has 5 nitrogen and oxygen atoms in total. The number of nitrogens with zero attached hydrogens (tertiary/aromatic N) is 2. The van der Waals surface area contributed by atoms with Crippen LogP contribution in [-0.4, -0.2) is 23.6 Å². The molecule has 22 heavy (non-hydrogen) atoms. The molecule has 0 fully saturated rings. The molecule has 0 aliphatic carbocycles. The van der Waals surface area contributed by atoms with Crippen molar-refractivity contribution in [2.45, 2.75) is 13.8 Å². The third-order valence-corrected chi connectivity index (χ3v) is 3.12. The highest BCUT2D eigenvalue weighted by Gasteiger charge is 2.09. The zero-order chi connectivity index (χ0) is 16.1. The molecule has 0 spiro atoms. The molecular weight excluding hydrogens is 307 g/mol. The van der Waals surface area contributed by atoms with E-state index in [9.17, 15) is 4.39 Å². The molecule has 0 saturated carbocycles. The van der Waals surface area contributed by atoms with Crippen molar-refractivity contribution in [3.63, 3.8) is 0 Å². The first-order chi connectivity index (χ1) is 10.5. The number of rotatable bonds is 6. The minimum absolute atomic E-state index is 0.0856. The van der Waals surface area contributed by atoms with Gasteiger partial charge in [0.1, 0.15) is 5.75 Å². The highest BCUT2D eigenvalue weighted by molar-refractivity contribution is 6.32. The van der Waals surface area contributed by atoms with Crippen molar-refractivity contribution in [3.8, 4) is 5.75 Å². The van der Waals surface area contributed by atoms with E-state index in [-0.39, 0.29) is 5.82 Å². The first-order valence-corrected chi connectivity index (χ1v) is 7.24. The molecular formula is C15H18ClFN4O. The van der Waals surface area contributed by atoms with Crippen LogP contribution >= 0.6 is 11.6 Å². The van der Waals surface area contributed by atoms with Gasteiger partial charge in [-0.25, -0.2) is 9.37 Å². The number of hydrogen-bond donors (Lipinski definition) is 2. The van der Waals surface area contributed by atoms with Crippen LogP contribution in [0.1, 0.15) is 13.8 Å². The first-order valence-electron chi connectivity index (χ1n) is 6.86. The van der Waals surface area contributed by atoms with E-state index in [0.29, 0.717) is 34.9 Å². The van der Waals surface area contributed by atoms with Crippen molar-refractivity contribution in [2.75, 3.05) is 24.3 Å². The standard InChI is InChI=1S/C15H18ClFN4O/c1-9(2)7-18-15-19-8-12(17)14(21-15)20-10-4-5-13(22-3)11(16)6-10/h4-6,8-9H,7H2,1-3H3,(H2,18,19,20,21). The zero-order valence-electron chi connectivity index (χ0n) is 12.7. The van der Waals surface area contributed by atoms with E-state index in [4.69, 9.17) is 16.3 Å². The summed E-state index contributed by atoms with van der Waals surface area (Å²) in [5.74, 6) is 0.904. The predicted octanol–water partition coefficient (Wildman–Crippen LogP) is 4.09. The van der Waals surface area contributed by atoms with Crippen LogP contribution < -0.4 is 15.4 Å². The Bertz CT molecular complexity index is 651. The average molecular weight is 325 g/mol. The summed E-state index contributed by atoms with van der Waals surface area (Å²) in [4.78, 5) is 8.04. The summed E-state index contributed by atoms with van der Waals surface area (Å²) < 4.78 is 18.9. The van der Waals surface area contributed by atoms with Crippen LogP contribution in [0.4, 0.5) is 21.8 Å². The largest absolute Gasteiger partial charge is 0.495 e. The molecule has 1 heterocycles.